The summed E-state index contributed by atoms with van der Waals surface area (Å²) in [4.78, 5) is 13.9. The molecule has 0 aliphatic heterocycles. The van der Waals surface area contributed by atoms with Gasteiger partial charge in [-0.3, -0.25) is 4.79 Å². The molecule has 5 heteroatoms. The third-order valence-electron chi connectivity index (χ3n) is 1.83. The van der Waals surface area contributed by atoms with Crippen LogP contribution in [0, 0.1) is 0 Å². The van der Waals surface area contributed by atoms with Gasteiger partial charge in [0.05, 0.1) is 5.75 Å². The number of rotatable bonds is 3. The standard InChI is InChI=1S/C10H13BrN2OS/c1-13(2)10(14)6-15-9-5-7(11)3-4-8(9)12/h3-5H,6,12H2,1-2H3. The predicted octanol–water partition coefficient (Wildman–Crippen LogP) is 2.21. The normalized spacial score (nSPS) is 10.1. The van der Waals surface area contributed by atoms with Gasteiger partial charge in [0.1, 0.15) is 0 Å². The number of nitrogen functional groups attached to an aromatic ring is 1. The summed E-state index contributed by atoms with van der Waals surface area (Å²) in [6.45, 7) is 0. The zero-order valence-electron chi connectivity index (χ0n) is 8.66. The fraction of sp³-hybridized carbons (Fsp3) is 0.300. The van der Waals surface area contributed by atoms with Gasteiger partial charge in [-0.15, -0.1) is 11.8 Å². The van der Waals surface area contributed by atoms with Crippen molar-refractivity contribution in [2.75, 3.05) is 25.6 Å². The number of thioether (sulfide) groups is 1. The average molecular weight is 289 g/mol. The maximum Gasteiger partial charge on any atom is 0.232 e. The van der Waals surface area contributed by atoms with Gasteiger partial charge in [0.2, 0.25) is 5.91 Å². The Morgan fingerprint density at radius 2 is 2.20 bits per heavy atom. The highest BCUT2D eigenvalue weighted by molar-refractivity contribution is 9.10. The van der Waals surface area contributed by atoms with Crippen molar-refractivity contribution in [3.63, 3.8) is 0 Å². The number of nitrogens with zero attached hydrogens (tertiary/aromatic N) is 1. The Bertz CT molecular complexity index is 368. The highest BCUT2D eigenvalue weighted by Crippen LogP contribution is 2.28. The number of hydrogen-bond donors (Lipinski definition) is 1. The number of halogens is 1. The summed E-state index contributed by atoms with van der Waals surface area (Å²) in [5.74, 6) is 0.493. The predicted molar refractivity (Wildman–Crippen MR) is 68.0 cm³/mol. The molecule has 0 saturated heterocycles. The van der Waals surface area contributed by atoms with E-state index >= 15 is 0 Å². The summed E-state index contributed by atoms with van der Waals surface area (Å²) in [6.07, 6.45) is 0. The number of benzene rings is 1. The van der Waals surface area contributed by atoms with Crippen molar-refractivity contribution in [2.45, 2.75) is 4.90 Å². The van der Waals surface area contributed by atoms with E-state index in [9.17, 15) is 4.79 Å². The van der Waals surface area contributed by atoms with E-state index in [4.69, 9.17) is 5.73 Å². The van der Waals surface area contributed by atoms with Crippen molar-refractivity contribution in [3.05, 3.63) is 22.7 Å². The Morgan fingerprint density at radius 3 is 2.80 bits per heavy atom. The summed E-state index contributed by atoms with van der Waals surface area (Å²) >= 11 is 4.82. The Balaban J connectivity index is 2.65. The minimum absolute atomic E-state index is 0.0828. The fourth-order valence-electron chi connectivity index (χ4n) is 0.902. The average Bonchev–Trinajstić information content (AvgIpc) is 2.18. The zero-order valence-corrected chi connectivity index (χ0v) is 11.1. The first kappa shape index (κ1) is 12.4. The molecule has 0 unspecified atom stereocenters. The van der Waals surface area contributed by atoms with E-state index in [0.717, 1.165) is 9.37 Å². The highest BCUT2D eigenvalue weighted by atomic mass is 79.9. The van der Waals surface area contributed by atoms with E-state index in [1.54, 1.807) is 19.0 Å². The molecule has 1 aromatic rings. The van der Waals surface area contributed by atoms with Gasteiger partial charge in [0.25, 0.3) is 0 Å². The molecule has 15 heavy (non-hydrogen) atoms. The van der Waals surface area contributed by atoms with E-state index in [1.165, 1.54) is 11.8 Å². The topological polar surface area (TPSA) is 46.3 Å². The first-order chi connectivity index (χ1) is 7.00. The lowest BCUT2D eigenvalue weighted by Crippen LogP contribution is -2.23. The molecule has 0 fully saturated rings. The Morgan fingerprint density at radius 1 is 1.53 bits per heavy atom. The lowest BCUT2D eigenvalue weighted by molar-refractivity contribution is -0.125. The van der Waals surface area contributed by atoms with Crippen molar-refractivity contribution in [2.24, 2.45) is 0 Å². The van der Waals surface area contributed by atoms with E-state index < -0.39 is 0 Å². The molecule has 1 rings (SSSR count). The molecule has 0 aliphatic carbocycles. The largest absolute Gasteiger partial charge is 0.398 e. The second kappa shape index (κ2) is 5.42. The van der Waals surface area contributed by atoms with Crippen molar-refractivity contribution in [3.8, 4) is 0 Å². The van der Waals surface area contributed by atoms with Gasteiger partial charge in [-0.2, -0.15) is 0 Å². The van der Waals surface area contributed by atoms with E-state index in [-0.39, 0.29) is 5.91 Å². The molecule has 0 heterocycles. The highest BCUT2D eigenvalue weighted by Gasteiger charge is 2.07. The molecule has 82 valence electrons. The quantitative estimate of drug-likeness (QED) is 0.685. The smallest absolute Gasteiger partial charge is 0.232 e. The van der Waals surface area contributed by atoms with Crippen LogP contribution in [0.1, 0.15) is 0 Å². The first-order valence-corrected chi connectivity index (χ1v) is 6.16. The minimum atomic E-state index is 0.0828. The fourth-order valence-corrected chi connectivity index (χ4v) is 2.40. The molecular formula is C10H13BrN2OS. The molecule has 0 atom stereocenters. The van der Waals surface area contributed by atoms with Gasteiger partial charge in [0.15, 0.2) is 0 Å². The summed E-state index contributed by atoms with van der Waals surface area (Å²) in [5, 5.41) is 0. The third kappa shape index (κ3) is 3.76. The van der Waals surface area contributed by atoms with Crippen LogP contribution >= 0.6 is 27.7 Å². The zero-order chi connectivity index (χ0) is 11.4. The molecule has 0 bridgehead atoms. The summed E-state index contributed by atoms with van der Waals surface area (Å²) in [6, 6.07) is 5.63. The van der Waals surface area contributed by atoms with Crippen LogP contribution in [0.5, 0.6) is 0 Å². The monoisotopic (exact) mass is 288 g/mol. The van der Waals surface area contributed by atoms with Crippen LogP contribution in [0.4, 0.5) is 5.69 Å². The number of carbonyl (C=O) groups excluding carboxylic acids is 1. The van der Waals surface area contributed by atoms with Gasteiger partial charge in [-0.1, -0.05) is 15.9 Å². The van der Waals surface area contributed by atoms with Crippen LogP contribution in [0.25, 0.3) is 0 Å². The van der Waals surface area contributed by atoms with Crippen molar-refractivity contribution >= 4 is 39.3 Å². The summed E-state index contributed by atoms with van der Waals surface area (Å²) in [5.41, 5.74) is 6.49. The van der Waals surface area contributed by atoms with Crippen LogP contribution in [0.15, 0.2) is 27.6 Å². The Labute approximate surface area is 102 Å². The van der Waals surface area contributed by atoms with Gasteiger partial charge in [-0.25, -0.2) is 0 Å². The minimum Gasteiger partial charge on any atom is -0.398 e. The molecule has 0 saturated carbocycles. The summed E-state index contributed by atoms with van der Waals surface area (Å²) in [7, 11) is 3.49. The third-order valence-corrected chi connectivity index (χ3v) is 3.37. The summed E-state index contributed by atoms with van der Waals surface area (Å²) < 4.78 is 0.969. The molecule has 0 radical (unpaired) electrons. The molecule has 0 spiro atoms. The molecule has 0 aliphatic rings. The Kier molecular flexibility index (Phi) is 4.47. The van der Waals surface area contributed by atoms with Crippen molar-refractivity contribution in [1.29, 1.82) is 0 Å². The number of carbonyl (C=O) groups is 1. The van der Waals surface area contributed by atoms with Crippen LogP contribution in [0.2, 0.25) is 0 Å². The molecular weight excluding hydrogens is 276 g/mol. The van der Waals surface area contributed by atoms with Crippen molar-refractivity contribution in [1.82, 2.24) is 4.90 Å². The van der Waals surface area contributed by atoms with E-state index in [0.29, 0.717) is 11.4 Å². The van der Waals surface area contributed by atoms with Gasteiger partial charge in [0, 0.05) is 29.2 Å². The Hall–Kier alpha value is -0.680. The number of hydrogen-bond acceptors (Lipinski definition) is 3. The van der Waals surface area contributed by atoms with Gasteiger partial charge in [-0.05, 0) is 18.2 Å². The maximum atomic E-state index is 11.4. The van der Waals surface area contributed by atoms with Crippen LogP contribution in [-0.4, -0.2) is 30.7 Å². The molecule has 2 N–H and O–H groups in total. The lowest BCUT2D eigenvalue weighted by Gasteiger charge is -2.10. The number of nitrogens with two attached hydrogens (primary N) is 1. The van der Waals surface area contributed by atoms with E-state index in [1.807, 2.05) is 18.2 Å². The molecule has 3 nitrogen and oxygen atoms in total. The molecule has 0 aromatic heterocycles. The number of amides is 1. The van der Waals surface area contributed by atoms with Crippen LogP contribution in [-0.2, 0) is 4.79 Å². The van der Waals surface area contributed by atoms with Gasteiger partial charge < -0.3 is 10.6 Å². The van der Waals surface area contributed by atoms with Gasteiger partial charge >= 0.3 is 0 Å². The number of anilines is 1. The molecule has 1 amide bonds. The maximum absolute atomic E-state index is 11.4. The van der Waals surface area contributed by atoms with Crippen LogP contribution in [0.3, 0.4) is 0 Å². The second-order valence-corrected chi connectivity index (χ2v) is 5.19. The van der Waals surface area contributed by atoms with Crippen molar-refractivity contribution < 1.29 is 4.79 Å². The lowest BCUT2D eigenvalue weighted by atomic mass is 10.3. The second-order valence-electron chi connectivity index (χ2n) is 3.26. The van der Waals surface area contributed by atoms with E-state index in [2.05, 4.69) is 15.9 Å². The SMILES string of the molecule is CN(C)C(=O)CSc1cc(Br)ccc1N. The van der Waals surface area contributed by atoms with Crippen LogP contribution < -0.4 is 5.73 Å². The molecule has 1 aromatic carbocycles. The first-order valence-electron chi connectivity index (χ1n) is 4.38.